The van der Waals surface area contributed by atoms with Crippen molar-refractivity contribution in [2.45, 2.75) is 19.4 Å². The molecule has 0 aromatic heterocycles. The molecular formula is C13H17ClN2O. The first-order valence-corrected chi connectivity index (χ1v) is 6.34. The maximum atomic E-state index is 11.7. The monoisotopic (exact) mass is 252 g/mol. The van der Waals surface area contributed by atoms with E-state index in [-0.39, 0.29) is 5.91 Å². The number of rotatable bonds is 4. The highest BCUT2D eigenvalue weighted by molar-refractivity contribution is 6.31. The number of amides is 1. The number of carbonyl (C=O) groups excluding carboxylic acids is 1. The molecule has 1 aliphatic heterocycles. The Kier molecular flexibility index (Phi) is 4.40. The molecule has 1 unspecified atom stereocenters. The van der Waals surface area contributed by atoms with Gasteiger partial charge in [0.15, 0.2) is 0 Å². The summed E-state index contributed by atoms with van der Waals surface area (Å²) in [7, 11) is 0. The van der Waals surface area contributed by atoms with Gasteiger partial charge in [0.1, 0.15) is 0 Å². The zero-order chi connectivity index (χ0) is 12.1. The molecule has 0 bridgehead atoms. The predicted molar refractivity (Wildman–Crippen MR) is 68.9 cm³/mol. The van der Waals surface area contributed by atoms with Crippen LogP contribution < -0.4 is 10.6 Å². The fourth-order valence-electron chi connectivity index (χ4n) is 2.06. The number of carbonyl (C=O) groups is 1. The summed E-state index contributed by atoms with van der Waals surface area (Å²) in [5.74, 6) is 0.597. The lowest BCUT2D eigenvalue weighted by molar-refractivity contribution is -0.122. The van der Waals surface area contributed by atoms with Gasteiger partial charge < -0.3 is 10.6 Å². The average molecular weight is 253 g/mol. The molecule has 1 aromatic carbocycles. The fraction of sp³-hybridized carbons (Fsp3) is 0.462. The zero-order valence-electron chi connectivity index (χ0n) is 9.71. The standard InChI is InChI=1S/C13H17ClN2O/c14-12-4-2-1-3-11(12)9-16-13(17)7-10-5-6-15-8-10/h1-4,10,15H,5-9H2,(H,16,17). The SMILES string of the molecule is O=C(CC1CCNC1)NCc1ccccc1Cl. The Morgan fingerprint density at radius 3 is 3.00 bits per heavy atom. The van der Waals surface area contributed by atoms with Crippen LogP contribution in [-0.4, -0.2) is 19.0 Å². The Bertz CT molecular complexity index is 389. The average Bonchev–Trinajstić information content (AvgIpc) is 2.81. The largest absolute Gasteiger partial charge is 0.352 e. The maximum Gasteiger partial charge on any atom is 0.220 e. The van der Waals surface area contributed by atoms with Crippen LogP contribution in [0.5, 0.6) is 0 Å². The molecule has 2 N–H and O–H groups in total. The summed E-state index contributed by atoms with van der Waals surface area (Å²) >= 11 is 6.02. The minimum atomic E-state index is 0.110. The highest BCUT2D eigenvalue weighted by Gasteiger charge is 2.17. The van der Waals surface area contributed by atoms with Gasteiger partial charge in [0.25, 0.3) is 0 Å². The smallest absolute Gasteiger partial charge is 0.220 e. The number of benzene rings is 1. The molecule has 3 nitrogen and oxygen atoms in total. The lowest BCUT2D eigenvalue weighted by atomic mass is 10.0. The van der Waals surface area contributed by atoms with Gasteiger partial charge in [-0.1, -0.05) is 29.8 Å². The quantitative estimate of drug-likeness (QED) is 0.860. The van der Waals surface area contributed by atoms with Gasteiger partial charge in [-0.25, -0.2) is 0 Å². The molecule has 0 aliphatic carbocycles. The molecule has 92 valence electrons. The molecular weight excluding hydrogens is 236 g/mol. The van der Waals surface area contributed by atoms with Crippen molar-refractivity contribution in [3.05, 3.63) is 34.9 Å². The minimum absolute atomic E-state index is 0.110. The third-order valence-electron chi connectivity index (χ3n) is 3.07. The van der Waals surface area contributed by atoms with Gasteiger partial charge in [-0.3, -0.25) is 4.79 Å². The Labute approximate surface area is 107 Å². The first-order chi connectivity index (χ1) is 8.25. The van der Waals surface area contributed by atoms with Crippen LogP contribution >= 0.6 is 11.6 Å². The molecule has 0 radical (unpaired) electrons. The molecule has 1 saturated heterocycles. The van der Waals surface area contributed by atoms with Gasteiger partial charge in [-0.15, -0.1) is 0 Å². The van der Waals surface area contributed by atoms with Gasteiger partial charge in [0.2, 0.25) is 5.91 Å². The summed E-state index contributed by atoms with van der Waals surface area (Å²) in [5, 5.41) is 6.88. The van der Waals surface area contributed by atoms with Crippen molar-refractivity contribution in [2.24, 2.45) is 5.92 Å². The van der Waals surface area contributed by atoms with Crippen molar-refractivity contribution in [2.75, 3.05) is 13.1 Å². The molecule has 0 spiro atoms. The summed E-state index contributed by atoms with van der Waals surface area (Å²) in [5.41, 5.74) is 0.965. The number of nitrogens with one attached hydrogen (secondary N) is 2. The number of hydrogen-bond donors (Lipinski definition) is 2. The van der Waals surface area contributed by atoms with Gasteiger partial charge in [0, 0.05) is 18.0 Å². The van der Waals surface area contributed by atoms with E-state index in [1.165, 1.54) is 0 Å². The second-order valence-electron chi connectivity index (χ2n) is 4.43. The van der Waals surface area contributed by atoms with Gasteiger partial charge in [0.05, 0.1) is 0 Å². The Balaban J connectivity index is 1.77. The zero-order valence-corrected chi connectivity index (χ0v) is 10.5. The molecule has 1 fully saturated rings. The number of hydrogen-bond acceptors (Lipinski definition) is 2. The van der Waals surface area contributed by atoms with E-state index in [4.69, 9.17) is 11.6 Å². The van der Waals surface area contributed by atoms with Gasteiger partial charge >= 0.3 is 0 Å². The van der Waals surface area contributed by atoms with Gasteiger partial charge in [-0.05, 0) is 37.1 Å². The fourth-order valence-corrected chi connectivity index (χ4v) is 2.26. The van der Waals surface area contributed by atoms with Crippen molar-refractivity contribution in [1.82, 2.24) is 10.6 Å². The summed E-state index contributed by atoms with van der Waals surface area (Å²) in [6.07, 6.45) is 1.71. The summed E-state index contributed by atoms with van der Waals surface area (Å²) in [6, 6.07) is 7.58. The van der Waals surface area contributed by atoms with Crippen LogP contribution in [0, 0.1) is 5.92 Å². The van der Waals surface area contributed by atoms with Crippen molar-refractivity contribution in [3.8, 4) is 0 Å². The van der Waals surface area contributed by atoms with Crippen molar-refractivity contribution in [1.29, 1.82) is 0 Å². The second kappa shape index (κ2) is 6.03. The third kappa shape index (κ3) is 3.72. The lowest BCUT2D eigenvalue weighted by Crippen LogP contribution is -2.25. The normalized spacial score (nSPS) is 19.2. The van der Waals surface area contributed by atoms with Crippen molar-refractivity contribution in [3.63, 3.8) is 0 Å². The molecule has 1 atom stereocenters. The Morgan fingerprint density at radius 1 is 1.47 bits per heavy atom. The van der Waals surface area contributed by atoms with Crippen LogP contribution in [-0.2, 0) is 11.3 Å². The van der Waals surface area contributed by atoms with Crippen LogP contribution in [0.25, 0.3) is 0 Å². The van der Waals surface area contributed by atoms with Crippen molar-refractivity contribution < 1.29 is 4.79 Å². The molecule has 1 heterocycles. The maximum absolute atomic E-state index is 11.7. The first-order valence-electron chi connectivity index (χ1n) is 5.96. The van der Waals surface area contributed by atoms with E-state index in [1.807, 2.05) is 24.3 Å². The molecule has 0 saturated carbocycles. The summed E-state index contributed by atoms with van der Waals surface area (Å²) in [6.45, 7) is 2.50. The van der Waals surface area contributed by atoms with Crippen LogP contribution in [0.15, 0.2) is 24.3 Å². The predicted octanol–water partition coefficient (Wildman–Crippen LogP) is 1.96. The second-order valence-corrected chi connectivity index (χ2v) is 4.84. The molecule has 1 amide bonds. The minimum Gasteiger partial charge on any atom is -0.352 e. The molecule has 17 heavy (non-hydrogen) atoms. The summed E-state index contributed by atoms with van der Waals surface area (Å²) < 4.78 is 0. The molecule has 2 rings (SSSR count). The highest BCUT2D eigenvalue weighted by Crippen LogP contribution is 2.15. The van der Waals surface area contributed by atoms with E-state index in [0.717, 1.165) is 25.1 Å². The number of halogens is 1. The Hall–Kier alpha value is -1.06. The van der Waals surface area contributed by atoms with Crippen molar-refractivity contribution >= 4 is 17.5 Å². The molecule has 1 aliphatic rings. The van der Waals surface area contributed by atoms with Crippen LogP contribution in [0.2, 0.25) is 5.02 Å². The first kappa shape index (κ1) is 12.4. The van der Waals surface area contributed by atoms with Gasteiger partial charge in [-0.2, -0.15) is 0 Å². The Morgan fingerprint density at radius 2 is 2.29 bits per heavy atom. The van der Waals surface area contributed by atoms with Crippen LogP contribution in [0.3, 0.4) is 0 Å². The lowest BCUT2D eigenvalue weighted by Gasteiger charge is -2.09. The molecule has 1 aromatic rings. The van der Waals surface area contributed by atoms with E-state index < -0.39 is 0 Å². The summed E-state index contributed by atoms with van der Waals surface area (Å²) in [4.78, 5) is 11.7. The third-order valence-corrected chi connectivity index (χ3v) is 3.44. The van der Waals surface area contributed by atoms with E-state index >= 15 is 0 Å². The highest BCUT2D eigenvalue weighted by atomic mass is 35.5. The van der Waals surface area contributed by atoms with Crippen LogP contribution in [0.4, 0.5) is 0 Å². The van der Waals surface area contributed by atoms with E-state index in [0.29, 0.717) is 23.9 Å². The van der Waals surface area contributed by atoms with E-state index in [2.05, 4.69) is 10.6 Å². The van der Waals surface area contributed by atoms with Crippen LogP contribution in [0.1, 0.15) is 18.4 Å². The topological polar surface area (TPSA) is 41.1 Å². The van der Waals surface area contributed by atoms with E-state index in [1.54, 1.807) is 0 Å². The van der Waals surface area contributed by atoms with E-state index in [9.17, 15) is 4.79 Å². The molecule has 4 heteroatoms.